The Morgan fingerprint density at radius 1 is 0.767 bits per heavy atom. The molecule has 0 N–H and O–H groups in total. The summed E-state index contributed by atoms with van der Waals surface area (Å²) in [5.74, 6) is 1.47. The Hall–Kier alpha value is -1.84. The van der Waals surface area contributed by atoms with Gasteiger partial charge in [0, 0.05) is 12.8 Å². The van der Waals surface area contributed by atoms with Crippen LogP contribution in [0.2, 0.25) is 0 Å². The van der Waals surface area contributed by atoms with Crippen molar-refractivity contribution in [2.24, 2.45) is 11.8 Å². The highest BCUT2D eigenvalue weighted by atomic mass is 16.6. The topological polar surface area (TPSA) is 52.6 Å². The van der Waals surface area contributed by atoms with Crippen molar-refractivity contribution in [2.75, 3.05) is 0 Å². The van der Waals surface area contributed by atoms with E-state index in [1.807, 2.05) is 12.1 Å². The molecule has 0 saturated heterocycles. The zero-order valence-electron chi connectivity index (χ0n) is 19.8. The third-order valence-corrected chi connectivity index (χ3v) is 5.10. The Balaban J connectivity index is 2.69. The molecule has 0 aromatic heterocycles. The molecule has 0 saturated carbocycles. The van der Waals surface area contributed by atoms with E-state index < -0.39 is 0 Å². The molecular weight excluding hydrogens is 376 g/mol. The van der Waals surface area contributed by atoms with E-state index in [4.69, 9.17) is 9.47 Å². The van der Waals surface area contributed by atoms with Crippen LogP contribution in [0.4, 0.5) is 0 Å². The van der Waals surface area contributed by atoms with Gasteiger partial charge in [-0.2, -0.15) is 0 Å². The molecule has 0 radical (unpaired) electrons. The van der Waals surface area contributed by atoms with E-state index in [0.29, 0.717) is 36.2 Å². The number of rotatable bonds is 15. The van der Waals surface area contributed by atoms with E-state index in [1.54, 1.807) is 6.07 Å². The molecule has 0 aliphatic rings. The van der Waals surface area contributed by atoms with Gasteiger partial charge in [0.2, 0.25) is 0 Å². The molecule has 4 heteroatoms. The Kier molecular flexibility index (Phi) is 13.1. The van der Waals surface area contributed by atoms with E-state index in [0.717, 1.165) is 63.4 Å². The van der Waals surface area contributed by atoms with Gasteiger partial charge in [-0.1, -0.05) is 72.8 Å². The maximum absolute atomic E-state index is 12.3. The number of hydrogen-bond acceptors (Lipinski definition) is 4. The first kappa shape index (κ1) is 26.2. The van der Waals surface area contributed by atoms with Crippen molar-refractivity contribution < 1.29 is 19.1 Å². The molecule has 0 fully saturated rings. The lowest BCUT2D eigenvalue weighted by Crippen LogP contribution is -2.12. The second-order valence-corrected chi connectivity index (χ2v) is 9.11. The summed E-state index contributed by atoms with van der Waals surface area (Å²) in [6.07, 6.45) is 9.73. The Morgan fingerprint density at radius 2 is 1.30 bits per heavy atom. The molecule has 170 valence electrons. The molecule has 0 aliphatic heterocycles. The van der Waals surface area contributed by atoms with E-state index in [2.05, 4.69) is 34.6 Å². The highest BCUT2D eigenvalue weighted by Gasteiger charge is 2.15. The number of unbranched alkanes of at least 4 members (excludes halogenated alkanes) is 3. The number of carbonyl (C=O) groups is 2. The van der Waals surface area contributed by atoms with Crippen LogP contribution in [0, 0.1) is 11.8 Å². The molecule has 0 atom stereocenters. The van der Waals surface area contributed by atoms with Gasteiger partial charge in [0.1, 0.15) is 0 Å². The largest absolute Gasteiger partial charge is 0.423 e. The van der Waals surface area contributed by atoms with Gasteiger partial charge in [0.15, 0.2) is 11.5 Å². The van der Waals surface area contributed by atoms with Crippen molar-refractivity contribution in [1.29, 1.82) is 0 Å². The van der Waals surface area contributed by atoms with Crippen LogP contribution in [-0.4, -0.2) is 11.9 Å². The van der Waals surface area contributed by atoms with E-state index in [1.165, 1.54) is 0 Å². The lowest BCUT2D eigenvalue weighted by Gasteiger charge is -2.13. The smallest absolute Gasteiger partial charge is 0.311 e. The van der Waals surface area contributed by atoms with Crippen LogP contribution in [0.5, 0.6) is 11.5 Å². The Labute approximate surface area is 183 Å². The number of ether oxygens (including phenoxy) is 2. The quantitative estimate of drug-likeness (QED) is 0.171. The summed E-state index contributed by atoms with van der Waals surface area (Å²) in [4.78, 5) is 24.6. The third-order valence-electron chi connectivity index (χ3n) is 5.10. The molecule has 0 aliphatic carbocycles. The lowest BCUT2D eigenvalue weighted by atomic mass is 10.1. The normalized spacial score (nSPS) is 11.2. The Morgan fingerprint density at radius 3 is 1.80 bits per heavy atom. The average molecular weight is 419 g/mol. The highest BCUT2D eigenvalue weighted by molar-refractivity contribution is 5.76. The van der Waals surface area contributed by atoms with E-state index in [-0.39, 0.29) is 11.9 Å². The van der Waals surface area contributed by atoms with Gasteiger partial charge < -0.3 is 9.47 Å². The zero-order valence-corrected chi connectivity index (χ0v) is 19.8. The summed E-state index contributed by atoms with van der Waals surface area (Å²) in [5.41, 5.74) is 1.09. The minimum absolute atomic E-state index is 0.263. The van der Waals surface area contributed by atoms with Crippen molar-refractivity contribution in [1.82, 2.24) is 0 Å². The molecule has 1 aromatic carbocycles. The number of benzene rings is 1. The SMILES string of the molecule is CCCCc1ccc(OC(=O)CCCCC(C)C)c(OC(=O)CCCCC(C)C)c1. The fraction of sp³-hybridized carbons (Fsp3) is 0.692. The molecular formula is C26H42O4. The Bertz CT molecular complexity index is 634. The van der Waals surface area contributed by atoms with Crippen LogP contribution in [0.1, 0.15) is 104 Å². The first-order chi connectivity index (χ1) is 14.3. The number of hydrogen-bond donors (Lipinski definition) is 0. The summed E-state index contributed by atoms with van der Waals surface area (Å²) in [6, 6.07) is 5.57. The molecule has 0 heterocycles. The summed E-state index contributed by atoms with van der Waals surface area (Å²) in [5, 5.41) is 0. The molecule has 0 spiro atoms. The van der Waals surface area contributed by atoms with Crippen LogP contribution in [-0.2, 0) is 16.0 Å². The summed E-state index contributed by atoms with van der Waals surface area (Å²) in [6.45, 7) is 10.9. The minimum Gasteiger partial charge on any atom is -0.423 e. The maximum Gasteiger partial charge on any atom is 0.311 e. The van der Waals surface area contributed by atoms with Crippen LogP contribution in [0.15, 0.2) is 18.2 Å². The highest BCUT2D eigenvalue weighted by Crippen LogP contribution is 2.30. The van der Waals surface area contributed by atoms with Crippen LogP contribution in [0.25, 0.3) is 0 Å². The van der Waals surface area contributed by atoms with Crippen molar-refractivity contribution >= 4 is 11.9 Å². The maximum atomic E-state index is 12.3. The van der Waals surface area contributed by atoms with Gasteiger partial charge in [-0.15, -0.1) is 0 Å². The van der Waals surface area contributed by atoms with Gasteiger partial charge in [0.05, 0.1) is 0 Å². The van der Waals surface area contributed by atoms with Crippen LogP contribution < -0.4 is 9.47 Å². The summed E-state index contributed by atoms with van der Waals surface area (Å²) in [7, 11) is 0. The molecule has 1 aromatic rings. The van der Waals surface area contributed by atoms with Gasteiger partial charge >= 0.3 is 11.9 Å². The van der Waals surface area contributed by atoms with Gasteiger partial charge in [-0.3, -0.25) is 9.59 Å². The standard InChI is InChI=1S/C26H42O4/c1-6-7-14-22-17-18-23(29-25(27)15-10-8-12-20(2)3)24(19-22)30-26(28)16-11-9-13-21(4)5/h17-21H,6-16H2,1-5H3. The first-order valence-corrected chi connectivity index (χ1v) is 11.9. The van der Waals surface area contributed by atoms with Crippen LogP contribution in [0.3, 0.4) is 0 Å². The van der Waals surface area contributed by atoms with E-state index >= 15 is 0 Å². The fourth-order valence-electron chi connectivity index (χ4n) is 3.24. The summed E-state index contributed by atoms with van der Waals surface area (Å²) >= 11 is 0. The van der Waals surface area contributed by atoms with E-state index in [9.17, 15) is 9.59 Å². The number of carbonyl (C=O) groups excluding carboxylic acids is 2. The number of aryl methyl sites for hydroxylation is 1. The lowest BCUT2D eigenvalue weighted by molar-refractivity contribution is -0.137. The van der Waals surface area contributed by atoms with Gasteiger partial charge in [0.25, 0.3) is 0 Å². The van der Waals surface area contributed by atoms with Crippen molar-refractivity contribution in [3.05, 3.63) is 23.8 Å². The predicted molar refractivity (Wildman–Crippen MR) is 123 cm³/mol. The van der Waals surface area contributed by atoms with Gasteiger partial charge in [-0.25, -0.2) is 0 Å². The molecule has 30 heavy (non-hydrogen) atoms. The monoisotopic (exact) mass is 418 g/mol. The number of esters is 2. The summed E-state index contributed by atoms with van der Waals surface area (Å²) < 4.78 is 11.2. The first-order valence-electron chi connectivity index (χ1n) is 11.9. The fourth-order valence-corrected chi connectivity index (χ4v) is 3.24. The molecule has 4 nitrogen and oxygen atoms in total. The second kappa shape index (κ2) is 15.0. The van der Waals surface area contributed by atoms with Crippen molar-refractivity contribution in [3.8, 4) is 11.5 Å². The third kappa shape index (κ3) is 12.0. The molecule has 0 bridgehead atoms. The zero-order chi connectivity index (χ0) is 22.4. The second-order valence-electron chi connectivity index (χ2n) is 9.11. The molecule has 1 rings (SSSR count). The van der Waals surface area contributed by atoms with Crippen molar-refractivity contribution in [2.45, 2.75) is 105 Å². The average Bonchev–Trinajstić information content (AvgIpc) is 2.68. The van der Waals surface area contributed by atoms with Crippen molar-refractivity contribution in [3.63, 3.8) is 0 Å². The molecule has 0 unspecified atom stereocenters. The predicted octanol–water partition coefficient (Wildman–Crippen LogP) is 7.27. The van der Waals surface area contributed by atoms with Gasteiger partial charge in [-0.05, 0) is 55.2 Å². The minimum atomic E-state index is -0.269. The van der Waals surface area contributed by atoms with Crippen LogP contribution >= 0.6 is 0 Å². The molecule has 0 amide bonds.